The molecule has 0 amide bonds. The number of carboxylic acid groups (broad SMARTS) is 2. The summed E-state index contributed by atoms with van der Waals surface area (Å²) in [6, 6.07) is 13.1. The van der Waals surface area contributed by atoms with Crippen LogP contribution in [0.15, 0.2) is 71.1 Å². The maximum absolute atomic E-state index is 15.3. The molecule has 0 atom stereocenters. The summed E-state index contributed by atoms with van der Waals surface area (Å²) in [6.07, 6.45) is 0. The van der Waals surface area contributed by atoms with E-state index in [1.165, 1.54) is 32.9 Å². The van der Waals surface area contributed by atoms with Crippen LogP contribution in [0.3, 0.4) is 0 Å². The second-order valence-corrected chi connectivity index (χ2v) is 8.93. The third kappa shape index (κ3) is 4.72. The fourth-order valence-corrected chi connectivity index (χ4v) is 5.00. The van der Waals surface area contributed by atoms with Crippen molar-refractivity contribution in [2.45, 2.75) is 32.7 Å². The van der Waals surface area contributed by atoms with Crippen LogP contribution >= 0.6 is 0 Å². The number of hydrogen-bond donors (Lipinski definition) is 2. The molecule has 9 nitrogen and oxygen atoms in total. The highest BCUT2D eigenvalue weighted by atomic mass is 19.1. The Balaban J connectivity index is 2.10. The van der Waals surface area contributed by atoms with Crippen LogP contribution in [-0.4, -0.2) is 57.0 Å². The molecule has 0 saturated carbocycles. The molecule has 0 fully saturated rings. The van der Waals surface area contributed by atoms with Crippen LogP contribution < -0.4 is 0 Å². The van der Waals surface area contributed by atoms with E-state index in [9.17, 15) is 29.9 Å². The minimum Gasteiger partial charge on any atom is -0.478 e. The van der Waals surface area contributed by atoms with Gasteiger partial charge in [-0.25, -0.2) is 9.59 Å². The number of hydrogen-bond acceptors (Lipinski definition) is 6. The van der Waals surface area contributed by atoms with E-state index in [0.717, 1.165) is 11.6 Å². The molecule has 1 aliphatic heterocycles. The van der Waals surface area contributed by atoms with Gasteiger partial charge in [-0.15, -0.1) is 0 Å². The van der Waals surface area contributed by atoms with Crippen molar-refractivity contribution in [2.24, 2.45) is 0 Å². The molecule has 190 valence electrons. The normalized spacial score (nSPS) is 15.4. The number of nitrogens with zero attached hydrogens (tertiary/aromatic N) is 3. The molecule has 0 saturated heterocycles. The van der Waals surface area contributed by atoms with Gasteiger partial charge in [0.1, 0.15) is 0 Å². The molecule has 2 aromatic rings. The van der Waals surface area contributed by atoms with E-state index in [4.69, 9.17) is 0 Å². The Morgan fingerprint density at radius 2 is 1.58 bits per heavy atom. The number of likely N-dealkylation sites (N-methyl/N-ethyl adjacent to an activating group) is 1. The number of rotatable bonds is 9. The first kappa shape index (κ1) is 26.6. The van der Waals surface area contributed by atoms with Crippen LogP contribution in [0.5, 0.6) is 0 Å². The van der Waals surface area contributed by atoms with Gasteiger partial charge >= 0.3 is 17.6 Å². The zero-order chi connectivity index (χ0) is 26.8. The van der Waals surface area contributed by atoms with E-state index in [0.29, 0.717) is 13.1 Å². The van der Waals surface area contributed by atoms with Crippen molar-refractivity contribution in [1.29, 1.82) is 0 Å². The molecule has 2 N–H and O–H groups in total. The van der Waals surface area contributed by atoms with E-state index >= 15 is 4.39 Å². The van der Waals surface area contributed by atoms with Crippen LogP contribution in [-0.2, 0) is 21.5 Å². The number of carboxylic acids is 2. The second-order valence-electron chi connectivity index (χ2n) is 8.93. The predicted molar refractivity (Wildman–Crippen MR) is 131 cm³/mol. The predicted octanol–water partition coefficient (Wildman–Crippen LogP) is 4.16. The monoisotopic (exact) mass is 497 g/mol. The minimum absolute atomic E-state index is 0.242. The van der Waals surface area contributed by atoms with Gasteiger partial charge in [0.05, 0.1) is 21.5 Å². The molecule has 0 spiro atoms. The SMILES string of the molecule is CC1=C(C(=O)O)C(C)(c2cccc([N+](=O)[O-])c2F)C(C(=O)O)=C(C)N1CCN(C)Cc1ccccc1. The van der Waals surface area contributed by atoms with Crippen molar-refractivity contribution in [3.63, 3.8) is 0 Å². The third-order valence-corrected chi connectivity index (χ3v) is 6.68. The van der Waals surface area contributed by atoms with Crippen molar-refractivity contribution < 1.29 is 29.1 Å². The van der Waals surface area contributed by atoms with Gasteiger partial charge < -0.3 is 20.0 Å². The van der Waals surface area contributed by atoms with Gasteiger partial charge in [-0.1, -0.05) is 42.5 Å². The fourth-order valence-electron chi connectivity index (χ4n) is 5.00. The van der Waals surface area contributed by atoms with Crippen LogP contribution in [0.1, 0.15) is 31.9 Å². The Bertz CT molecular complexity index is 1230. The summed E-state index contributed by atoms with van der Waals surface area (Å²) in [5.41, 5.74) is -2.35. The molecule has 3 rings (SSSR count). The molecule has 0 aliphatic carbocycles. The van der Waals surface area contributed by atoms with Crippen molar-refractivity contribution >= 4 is 17.6 Å². The van der Waals surface area contributed by atoms with Gasteiger partial charge in [0.25, 0.3) is 0 Å². The van der Waals surface area contributed by atoms with Gasteiger partial charge in [-0.2, -0.15) is 4.39 Å². The molecular formula is C26H28FN3O6. The zero-order valence-electron chi connectivity index (χ0n) is 20.5. The quantitative estimate of drug-likeness (QED) is 0.391. The standard InChI is InChI=1S/C26H28FN3O6/c1-16-21(24(31)32)26(3,19-11-8-12-20(23(19)27)30(35)36)22(25(33)34)17(2)29(16)14-13-28(4)15-18-9-6-5-7-10-18/h5-12H,13-15H2,1-4H3,(H,31,32)(H,33,34). The lowest BCUT2D eigenvalue weighted by atomic mass is 9.66. The molecule has 0 radical (unpaired) electrons. The van der Waals surface area contributed by atoms with Crippen molar-refractivity contribution in [2.75, 3.05) is 20.1 Å². The molecule has 0 bridgehead atoms. The minimum atomic E-state index is -1.98. The maximum atomic E-state index is 15.3. The summed E-state index contributed by atoms with van der Waals surface area (Å²) in [5, 5.41) is 31.7. The van der Waals surface area contributed by atoms with E-state index in [-0.39, 0.29) is 34.6 Å². The molecule has 2 aromatic carbocycles. The second kappa shape index (κ2) is 10.3. The van der Waals surface area contributed by atoms with Crippen molar-refractivity contribution in [3.8, 4) is 0 Å². The van der Waals surface area contributed by atoms with Gasteiger partial charge in [0, 0.05) is 42.7 Å². The Morgan fingerprint density at radius 3 is 2.08 bits per heavy atom. The lowest BCUT2D eigenvalue weighted by Crippen LogP contribution is -2.45. The summed E-state index contributed by atoms with van der Waals surface area (Å²) in [7, 11) is 1.90. The highest BCUT2D eigenvalue weighted by Crippen LogP contribution is 2.48. The highest BCUT2D eigenvalue weighted by molar-refractivity contribution is 6.00. The van der Waals surface area contributed by atoms with E-state index in [1.807, 2.05) is 42.3 Å². The summed E-state index contributed by atoms with van der Waals surface area (Å²) in [6.45, 7) is 5.75. The van der Waals surface area contributed by atoms with Gasteiger partial charge in [0.15, 0.2) is 0 Å². The summed E-state index contributed by atoms with van der Waals surface area (Å²) < 4.78 is 15.3. The summed E-state index contributed by atoms with van der Waals surface area (Å²) in [5.74, 6) is -4.14. The van der Waals surface area contributed by atoms with Crippen LogP contribution in [0, 0.1) is 15.9 Å². The lowest BCUT2D eigenvalue weighted by Gasteiger charge is -2.43. The first-order chi connectivity index (χ1) is 16.9. The van der Waals surface area contributed by atoms with Gasteiger partial charge in [-0.3, -0.25) is 10.1 Å². The molecule has 10 heteroatoms. The van der Waals surface area contributed by atoms with Crippen LogP contribution in [0.4, 0.5) is 10.1 Å². The average molecular weight is 498 g/mol. The number of aliphatic carboxylic acids is 2. The van der Waals surface area contributed by atoms with Crippen LogP contribution in [0.25, 0.3) is 0 Å². The number of nitro benzene ring substituents is 1. The molecule has 1 aliphatic rings. The smallest absolute Gasteiger partial charge is 0.334 e. The summed E-state index contributed by atoms with van der Waals surface area (Å²) >= 11 is 0. The lowest BCUT2D eigenvalue weighted by molar-refractivity contribution is -0.387. The number of nitro groups is 1. The Labute approximate surface area is 207 Å². The van der Waals surface area contributed by atoms with E-state index in [2.05, 4.69) is 0 Å². The Morgan fingerprint density at radius 1 is 1.03 bits per heavy atom. The zero-order valence-corrected chi connectivity index (χ0v) is 20.5. The topological polar surface area (TPSA) is 124 Å². The van der Waals surface area contributed by atoms with Crippen molar-refractivity contribution in [1.82, 2.24) is 9.80 Å². The molecule has 0 aromatic heterocycles. The maximum Gasteiger partial charge on any atom is 0.334 e. The largest absolute Gasteiger partial charge is 0.478 e. The van der Waals surface area contributed by atoms with Crippen molar-refractivity contribution in [3.05, 3.63) is 98.1 Å². The van der Waals surface area contributed by atoms with E-state index < -0.39 is 33.8 Å². The first-order valence-corrected chi connectivity index (χ1v) is 11.2. The number of benzene rings is 2. The molecular weight excluding hydrogens is 469 g/mol. The number of halogens is 1. The van der Waals surface area contributed by atoms with Gasteiger partial charge in [-0.05, 0) is 33.4 Å². The molecule has 0 unspecified atom stereocenters. The Hall–Kier alpha value is -4.05. The van der Waals surface area contributed by atoms with Crippen LogP contribution in [0.2, 0.25) is 0 Å². The summed E-state index contributed by atoms with van der Waals surface area (Å²) in [4.78, 5) is 39.1. The average Bonchev–Trinajstić information content (AvgIpc) is 2.78. The third-order valence-electron chi connectivity index (χ3n) is 6.68. The number of allylic oxidation sites excluding steroid dienone is 2. The number of carbonyl (C=O) groups is 2. The molecule has 36 heavy (non-hydrogen) atoms. The van der Waals surface area contributed by atoms with E-state index in [1.54, 1.807) is 4.90 Å². The molecule has 1 heterocycles. The highest BCUT2D eigenvalue weighted by Gasteiger charge is 2.50. The first-order valence-electron chi connectivity index (χ1n) is 11.2. The fraction of sp³-hybridized carbons (Fsp3) is 0.308. The van der Waals surface area contributed by atoms with Gasteiger partial charge in [0.2, 0.25) is 5.82 Å². The Kier molecular flexibility index (Phi) is 7.59.